The number of likely N-dealkylation sites (N-methyl/N-ethyl adjacent to an activating group) is 1. The van der Waals surface area contributed by atoms with E-state index >= 15 is 0 Å². The summed E-state index contributed by atoms with van der Waals surface area (Å²) in [4.78, 5) is 12.2. The highest BCUT2D eigenvalue weighted by Crippen LogP contribution is 2.27. The lowest BCUT2D eigenvalue weighted by atomic mass is 10.1. The first-order valence-corrected chi connectivity index (χ1v) is 10.2. The first-order valence-electron chi connectivity index (χ1n) is 7.97. The summed E-state index contributed by atoms with van der Waals surface area (Å²) in [6.45, 7) is 5.29. The summed E-state index contributed by atoms with van der Waals surface area (Å²) < 4.78 is 26.7. The van der Waals surface area contributed by atoms with Gasteiger partial charge in [0, 0.05) is 17.3 Å². The number of nitrogens with one attached hydrogen (secondary N) is 1. The number of rotatable bonds is 6. The zero-order valence-corrected chi connectivity index (χ0v) is 17.0. The van der Waals surface area contributed by atoms with Crippen molar-refractivity contribution in [2.24, 2.45) is 0 Å². The summed E-state index contributed by atoms with van der Waals surface area (Å²) in [5, 5.41) is 3.05. The van der Waals surface area contributed by atoms with Crippen molar-refractivity contribution in [3.05, 3.63) is 57.6 Å². The maximum atomic E-state index is 12.8. The molecule has 5 nitrogen and oxygen atoms in total. The normalized spacial score (nSPS) is 11.6. The Balaban J connectivity index is 2.22. The van der Waals surface area contributed by atoms with E-state index in [-0.39, 0.29) is 28.0 Å². The summed E-state index contributed by atoms with van der Waals surface area (Å²) in [5.74, 6) is -0.432. The van der Waals surface area contributed by atoms with E-state index in [1.54, 1.807) is 6.92 Å². The standard InChI is InChI=1S/C18H20Cl2N2O3S/c1-4-22(26(24,25)17-10-14(19)5-6-16(17)20)11-18(23)21-15-8-12(2)7-13(3)9-15/h5-10H,4,11H2,1-3H3,(H,21,23). The molecular formula is C18H20Cl2N2O3S. The van der Waals surface area contributed by atoms with Gasteiger partial charge in [-0.05, 0) is 55.3 Å². The van der Waals surface area contributed by atoms with Crippen LogP contribution in [0.5, 0.6) is 0 Å². The first-order chi connectivity index (χ1) is 12.1. The minimum atomic E-state index is -3.95. The molecule has 2 aromatic carbocycles. The van der Waals surface area contributed by atoms with Crippen LogP contribution in [0.25, 0.3) is 0 Å². The lowest BCUT2D eigenvalue weighted by Gasteiger charge is -2.21. The zero-order chi connectivity index (χ0) is 19.5. The second-order valence-electron chi connectivity index (χ2n) is 5.93. The third-order valence-electron chi connectivity index (χ3n) is 3.69. The number of benzene rings is 2. The van der Waals surface area contributed by atoms with E-state index in [9.17, 15) is 13.2 Å². The Bertz CT molecular complexity index is 910. The highest BCUT2D eigenvalue weighted by molar-refractivity contribution is 7.89. The number of carbonyl (C=O) groups excluding carboxylic acids is 1. The smallest absolute Gasteiger partial charge is 0.245 e. The fourth-order valence-corrected chi connectivity index (χ4v) is 4.73. The van der Waals surface area contributed by atoms with Gasteiger partial charge in [0.25, 0.3) is 0 Å². The molecule has 2 aromatic rings. The molecule has 1 amide bonds. The molecule has 1 N–H and O–H groups in total. The van der Waals surface area contributed by atoms with Gasteiger partial charge in [-0.2, -0.15) is 4.31 Å². The van der Waals surface area contributed by atoms with E-state index in [1.807, 2.05) is 32.0 Å². The van der Waals surface area contributed by atoms with Crippen LogP contribution in [-0.4, -0.2) is 31.7 Å². The molecule has 0 spiro atoms. The Morgan fingerprint density at radius 2 is 1.69 bits per heavy atom. The molecule has 0 saturated carbocycles. The van der Waals surface area contributed by atoms with Gasteiger partial charge in [-0.1, -0.05) is 36.2 Å². The van der Waals surface area contributed by atoms with Crippen LogP contribution in [0, 0.1) is 13.8 Å². The van der Waals surface area contributed by atoms with Crippen molar-refractivity contribution in [2.75, 3.05) is 18.4 Å². The second kappa shape index (κ2) is 8.39. The van der Waals surface area contributed by atoms with Gasteiger partial charge in [0.05, 0.1) is 11.6 Å². The van der Waals surface area contributed by atoms with Crippen molar-refractivity contribution in [1.29, 1.82) is 0 Å². The van der Waals surface area contributed by atoms with Crippen molar-refractivity contribution >= 4 is 44.8 Å². The molecular weight excluding hydrogens is 395 g/mol. The second-order valence-corrected chi connectivity index (χ2v) is 8.68. The average molecular weight is 415 g/mol. The number of hydrogen-bond acceptors (Lipinski definition) is 3. The molecule has 8 heteroatoms. The highest BCUT2D eigenvalue weighted by Gasteiger charge is 2.27. The van der Waals surface area contributed by atoms with Crippen LogP contribution >= 0.6 is 23.2 Å². The van der Waals surface area contributed by atoms with Crippen molar-refractivity contribution in [3.8, 4) is 0 Å². The molecule has 0 heterocycles. The Kier molecular flexibility index (Phi) is 6.69. The third-order valence-corrected chi connectivity index (χ3v) is 6.33. The van der Waals surface area contributed by atoms with Crippen LogP contribution in [-0.2, 0) is 14.8 Å². The Morgan fingerprint density at radius 1 is 1.08 bits per heavy atom. The van der Waals surface area contributed by atoms with Gasteiger partial charge in [-0.25, -0.2) is 8.42 Å². The van der Waals surface area contributed by atoms with Gasteiger partial charge in [-0.3, -0.25) is 4.79 Å². The lowest BCUT2D eigenvalue weighted by molar-refractivity contribution is -0.116. The predicted molar refractivity (Wildman–Crippen MR) is 105 cm³/mol. The number of carbonyl (C=O) groups is 1. The predicted octanol–water partition coefficient (Wildman–Crippen LogP) is 4.26. The molecule has 140 valence electrons. The average Bonchev–Trinajstić information content (AvgIpc) is 2.53. The quantitative estimate of drug-likeness (QED) is 0.767. The number of aryl methyl sites for hydroxylation is 2. The number of sulfonamides is 1. The molecule has 0 aliphatic heterocycles. The van der Waals surface area contributed by atoms with Gasteiger partial charge in [0.2, 0.25) is 15.9 Å². The molecule has 0 atom stereocenters. The zero-order valence-electron chi connectivity index (χ0n) is 14.7. The molecule has 0 fully saturated rings. The molecule has 0 bridgehead atoms. The van der Waals surface area contributed by atoms with Crippen molar-refractivity contribution < 1.29 is 13.2 Å². The monoisotopic (exact) mass is 414 g/mol. The van der Waals surface area contributed by atoms with E-state index in [1.165, 1.54) is 18.2 Å². The lowest BCUT2D eigenvalue weighted by Crippen LogP contribution is -2.38. The maximum absolute atomic E-state index is 12.8. The van der Waals surface area contributed by atoms with E-state index in [4.69, 9.17) is 23.2 Å². The fraction of sp³-hybridized carbons (Fsp3) is 0.278. The van der Waals surface area contributed by atoms with Crippen LogP contribution < -0.4 is 5.32 Å². The van der Waals surface area contributed by atoms with Crippen LogP contribution in [0.1, 0.15) is 18.1 Å². The summed E-state index contributed by atoms with van der Waals surface area (Å²) >= 11 is 11.9. The Labute approximate surface area is 164 Å². The van der Waals surface area contributed by atoms with Crippen LogP contribution in [0.4, 0.5) is 5.69 Å². The van der Waals surface area contributed by atoms with E-state index < -0.39 is 15.9 Å². The maximum Gasteiger partial charge on any atom is 0.245 e. The molecule has 26 heavy (non-hydrogen) atoms. The molecule has 0 aromatic heterocycles. The highest BCUT2D eigenvalue weighted by atomic mass is 35.5. The van der Waals surface area contributed by atoms with Crippen LogP contribution in [0.2, 0.25) is 10.0 Å². The number of amides is 1. The van der Waals surface area contributed by atoms with Crippen molar-refractivity contribution in [2.45, 2.75) is 25.7 Å². The van der Waals surface area contributed by atoms with Crippen LogP contribution in [0.3, 0.4) is 0 Å². The number of halogens is 2. The Morgan fingerprint density at radius 3 is 2.27 bits per heavy atom. The SMILES string of the molecule is CCN(CC(=O)Nc1cc(C)cc(C)c1)S(=O)(=O)c1cc(Cl)ccc1Cl. The molecule has 0 radical (unpaired) electrons. The minimum absolute atomic E-state index is 0.0579. The molecule has 0 saturated heterocycles. The molecule has 0 aliphatic rings. The summed E-state index contributed by atoms with van der Waals surface area (Å²) in [6.07, 6.45) is 0. The van der Waals surface area contributed by atoms with E-state index in [0.717, 1.165) is 15.4 Å². The van der Waals surface area contributed by atoms with E-state index in [0.29, 0.717) is 5.69 Å². The topological polar surface area (TPSA) is 66.5 Å². The summed E-state index contributed by atoms with van der Waals surface area (Å²) in [6, 6.07) is 9.84. The number of anilines is 1. The van der Waals surface area contributed by atoms with Gasteiger partial charge < -0.3 is 5.32 Å². The first kappa shape index (κ1) is 20.7. The summed E-state index contributed by atoms with van der Waals surface area (Å²) in [7, 11) is -3.95. The molecule has 0 unspecified atom stereocenters. The third kappa shape index (κ3) is 4.98. The van der Waals surface area contributed by atoms with Crippen molar-refractivity contribution in [1.82, 2.24) is 4.31 Å². The van der Waals surface area contributed by atoms with Gasteiger partial charge in [0.1, 0.15) is 4.90 Å². The van der Waals surface area contributed by atoms with Gasteiger partial charge in [-0.15, -0.1) is 0 Å². The number of hydrogen-bond donors (Lipinski definition) is 1. The number of nitrogens with zero attached hydrogens (tertiary/aromatic N) is 1. The van der Waals surface area contributed by atoms with Crippen molar-refractivity contribution in [3.63, 3.8) is 0 Å². The largest absolute Gasteiger partial charge is 0.325 e. The Hall–Kier alpha value is -1.60. The fourth-order valence-electron chi connectivity index (χ4n) is 2.59. The van der Waals surface area contributed by atoms with Gasteiger partial charge in [0.15, 0.2) is 0 Å². The van der Waals surface area contributed by atoms with Gasteiger partial charge >= 0.3 is 0 Å². The van der Waals surface area contributed by atoms with E-state index in [2.05, 4.69) is 5.32 Å². The molecule has 2 rings (SSSR count). The van der Waals surface area contributed by atoms with Crippen LogP contribution in [0.15, 0.2) is 41.3 Å². The summed E-state index contributed by atoms with van der Waals surface area (Å²) in [5.41, 5.74) is 2.64. The molecule has 0 aliphatic carbocycles. The minimum Gasteiger partial charge on any atom is -0.325 e.